The largest absolute Gasteiger partial charge is 0.573 e. The van der Waals surface area contributed by atoms with Crippen molar-refractivity contribution in [3.8, 4) is 5.75 Å². The molecule has 1 aliphatic rings. The molecule has 3 rings (SSSR count). The SMILES string of the molecule is CC(F)(F)c1ccc(OC(F)(F)F)c(C[C@@H]2CCCN(N)[C@@H]2c2ccccc2)c1. The summed E-state index contributed by atoms with van der Waals surface area (Å²) in [5, 5.41) is 1.67. The maximum Gasteiger partial charge on any atom is 0.573 e. The molecule has 0 radical (unpaired) electrons. The Morgan fingerprint density at radius 3 is 2.38 bits per heavy atom. The lowest BCUT2D eigenvalue weighted by Crippen LogP contribution is -2.44. The van der Waals surface area contributed by atoms with Crippen molar-refractivity contribution < 1.29 is 26.7 Å². The number of nitrogens with zero attached hydrogens (tertiary/aromatic N) is 1. The molecule has 0 aromatic heterocycles. The highest BCUT2D eigenvalue weighted by atomic mass is 19.4. The zero-order valence-corrected chi connectivity index (χ0v) is 15.9. The van der Waals surface area contributed by atoms with Gasteiger partial charge in [0, 0.05) is 19.0 Å². The Hall–Kier alpha value is -2.19. The van der Waals surface area contributed by atoms with Crippen LogP contribution in [0.1, 0.15) is 42.5 Å². The molecule has 158 valence electrons. The van der Waals surface area contributed by atoms with E-state index in [-0.39, 0.29) is 29.5 Å². The van der Waals surface area contributed by atoms with Gasteiger partial charge in [-0.3, -0.25) is 5.84 Å². The Balaban J connectivity index is 1.97. The molecular weight excluding hydrogens is 391 g/mol. The third kappa shape index (κ3) is 5.45. The van der Waals surface area contributed by atoms with Gasteiger partial charge in [-0.2, -0.15) is 0 Å². The Bertz CT molecular complexity index is 820. The smallest absolute Gasteiger partial charge is 0.406 e. The highest BCUT2D eigenvalue weighted by Gasteiger charge is 2.36. The number of ether oxygens (including phenoxy) is 1. The molecule has 1 aliphatic heterocycles. The van der Waals surface area contributed by atoms with E-state index in [4.69, 9.17) is 5.84 Å². The van der Waals surface area contributed by atoms with Gasteiger partial charge in [-0.1, -0.05) is 30.3 Å². The fourth-order valence-electron chi connectivity index (χ4n) is 3.95. The first-order valence-corrected chi connectivity index (χ1v) is 9.38. The predicted molar refractivity (Wildman–Crippen MR) is 99.2 cm³/mol. The van der Waals surface area contributed by atoms with Crippen LogP contribution in [0.5, 0.6) is 5.75 Å². The molecule has 1 fully saturated rings. The normalized spacial score (nSPS) is 21.2. The number of benzene rings is 2. The van der Waals surface area contributed by atoms with Gasteiger partial charge in [0.05, 0.1) is 6.04 Å². The van der Waals surface area contributed by atoms with Gasteiger partial charge >= 0.3 is 6.36 Å². The molecule has 0 saturated carbocycles. The van der Waals surface area contributed by atoms with E-state index in [0.29, 0.717) is 19.9 Å². The topological polar surface area (TPSA) is 38.5 Å². The lowest BCUT2D eigenvalue weighted by atomic mass is 9.81. The van der Waals surface area contributed by atoms with Crippen molar-refractivity contribution in [2.24, 2.45) is 11.8 Å². The molecule has 0 aliphatic carbocycles. The summed E-state index contributed by atoms with van der Waals surface area (Å²) in [5.74, 6) is 2.43. The van der Waals surface area contributed by atoms with Gasteiger partial charge < -0.3 is 4.74 Å². The number of nitrogens with two attached hydrogens (primary N) is 1. The van der Waals surface area contributed by atoms with Crippen LogP contribution < -0.4 is 10.6 Å². The first kappa shape index (κ1) is 21.5. The third-order valence-electron chi connectivity index (χ3n) is 5.21. The molecular formula is C21H23F5N2O. The van der Waals surface area contributed by atoms with Gasteiger partial charge in [-0.15, -0.1) is 13.2 Å². The van der Waals surface area contributed by atoms with Crippen molar-refractivity contribution in [2.45, 2.75) is 44.5 Å². The highest BCUT2D eigenvalue weighted by Crippen LogP contribution is 2.40. The molecule has 2 aromatic carbocycles. The molecule has 0 unspecified atom stereocenters. The quantitative estimate of drug-likeness (QED) is 0.514. The first-order chi connectivity index (χ1) is 13.5. The molecule has 1 heterocycles. The zero-order valence-electron chi connectivity index (χ0n) is 15.9. The van der Waals surface area contributed by atoms with E-state index >= 15 is 0 Å². The zero-order chi connectivity index (χ0) is 21.2. The molecule has 0 bridgehead atoms. The van der Waals surface area contributed by atoms with E-state index in [1.807, 2.05) is 30.3 Å². The summed E-state index contributed by atoms with van der Waals surface area (Å²) < 4.78 is 70.2. The summed E-state index contributed by atoms with van der Waals surface area (Å²) in [6, 6.07) is 12.2. The second-order valence-electron chi connectivity index (χ2n) is 7.46. The van der Waals surface area contributed by atoms with E-state index < -0.39 is 18.0 Å². The minimum atomic E-state index is -4.91. The van der Waals surface area contributed by atoms with E-state index in [1.165, 1.54) is 0 Å². The Morgan fingerprint density at radius 2 is 1.76 bits per heavy atom. The number of alkyl halides is 5. The Kier molecular flexibility index (Phi) is 6.14. The fourth-order valence-corrected chi connectivity index (χ4v) is 3.95. The lowest BCUT2D eigenvalue weighted by Gasteiger charge is -2.39. The van der Waals surface area contributed by atoms with Gasteiger partial charge in [0.25, 0.3) is 5.92 Å². The molecule has 8 heteroatoms. The number of hydrogen-bond acceptors (Lipinski definition) is 3. The van der Waals surface area contributed by atoms with Crippen LogP contribution in [0.4, 0.5) is 22.0 Å². The maximum atomic E-state index is 13.8. The van der Waals surface area contributed by atoms with Crippen LogP contribution in [-0.4, -0.2) is 17.9 Å². The average Bonchev–Trinajstić information content (AvgIpc) is 2.62. The van der Waals surface area contributed by atoms with Crippen LogP contribution in [0, 0.1) is 5.92 Å². The second kappa shape index (κ2) is 8.28. The van der Waals surface area contributed by atoms with Gasteiger partial charge in [-0.25, -0.2) is 13.8 Å². The Labute approximate surface area is 166 Å². The maximum absolute atomic E-state index is 13.8. The van der Waals surface area contributed by atoms with Crippen LogP contribution in [0.2, 0.25) is 0 Å². The minimum Gasteiger partial charge on any atom is -0.406 e. The van der Waals surface area contributed by atoms with Crippen LogP contribution in [-0.2, 0) is 12.3 Å². The number of hydrazine groups is 1. The molecule has 0 amide bonds. The molecule has 3 nitrogen and oxygen atoms in total. The van der Waals surface area contributed by atoms with Crippen molar-refractivity contribution >= 4 is 0 Å². The minimum absolute atomic E-state index is 0.0996. The summed E-state index contributed by atoms with van der Waals surface area (Å²) in [5.41, 5.74) is 0.691. The number of hydrogen-bond donors (Lipinski definition) is 1. The lowest BCUT2D eigenvalue weighted by molar-refractivity contribution is -0.275. The molecule has 1 saturated heterocycles. The summed E-state index contributed by atoms with van der Waals surface area (Å²) >= 11 is 0. The number of piperidine rings is 1. The number of rotatable bonds is 5. The van der Waals surface area contributed by atoms with E-state index in [2.05, 4.69) is 4.74 Å². The highest BCUT2D eigenvalue weighted by molar-refractivity contribution is 5.39. The van der Waals surface area contributed by atoms with Crippen LogP contribution in [0.15, 0.2) is 48.5 Å². The summed E-state index contributed by atoms with van der Waals surface area (Å²) in [4.78, 5) is 0. The van der Waals surface area contributed by atoms with Gasteiger partial charge in [0.1, 0.15) is 5.75 Å². The molecule has 0 spiro atoms. The van der Waals surface area contributed by atoms with Crippen molar-refractivity contribution in [3.05, 3.63) is 65.2 Å². The standard InChI is InChI=1S/C21H23F5N2O/c1-20(22,23)17-9-10-18(29-21(24,25)26)16(13-17)12-15-8-5-11-28(27)19(15)14-6-3-2-4-7-14/h2-4,6-7,9-10,13,15,19H,5,8,11-12,27H2,1H3/t15-,19+/m0/s1. The van der Waals surface area contributed by atoms with Gasteiger partial charge in [0.15, 0.2) is 0 Å². The summed E-state index contributed by atoms with van der Waals surface area (Å²) in [6.45, 7) is 1.36. The van der Waals surface area contributed by atoms with Crippen molar-refractivity contribution in [2.75, 3.05) is 6.54 Å². The molecule has 2 aromatic rings. The first-order valence-electron chi connectivity index (χ1n) is 9.38. The average molecular weight is 414 g/mol. The second-order valence-corrected chi connectivity index (χ2v) is 7.46. The molecule has 2 N–H and O–H groups in total. The predicted octanol–water partition coefficient (Wildman–Crippen LogP) is 5.57. The van der Waals surface area contributed by atoms with E-state index in [9.17, 15) is 22.0 Å². The van der Waals surface area contributed by atoms with E-state index in [1.54, 1.807) is 5.01 Å². The molecule has 29 heavy (non-hydrogen) atoms. The fraction of sp³-hybridized carbons (Fsp3) is 0.429. The van der Waals surface area contributed by atoms with Crippen molar-refractivity contribution in [1.29, 1.82) is 0 Å². The van der Waals surface area contributed by atoms with Crippen LogP contribution in [0.3, 0.4) is 0 Å². The molecule has 2 atom stereocenters. The Morgan fingerprint density at radius 1 is 1.07 bits per heavy atom. The van der Waals surface area contributed by atoms with E-state index in [0.717, 1.165) is 30.2 Å². The number of halogens is 5. The van der Waals surface area contributed by atoms with Crippen molar-refractivity contribution in [1.82, 2.24) is 5.01 Å². The summed E-state index contributed by atoms with van der Waals surface area (Å²) in [7, 11) is 0. The monoisotopic (exact) mass is 414 g/mol. The van der Waals surface area contributed by atoms with Gasteiger partial charge in [0.2, 0.25) is 0 Å². The third-order valence-corrected chi connectivity index (χ3v) is 5.21. The van der Waals surface area contributed by atoms with Crippen molar-refractivity contribution in [3.63, 3.8) is 0 Å². The van der Waals surface area contributed by atoms with Gasteiger partial charge in [-0.05, 0) is 54.5 Å². The summed E-state index contributed by atoms with van der Waals surface area (Å²) in [6.07, 6.45) is -3.28. The van der Waals surface area contributed by atoms with Crippen LogP contribution in [0.25, 0.3) is 0 Å². The van der Waals surface area contributed by atoms with Crippen LogP contribution >= 0.6 is 0 Å².